The molecule has 2 aromatic carbocycles. The Labute approximate surface area is 169 Å². The summed E-state index contributed by atoms with van der Waals surface area (Å²) in [5, 5.41) is -0.752. The molecule has 2 aromatic rings. The highest BCUT2D eigenvalue weighted by atomic mass is 35.5. The monoisotopic (exact) mass is 467 g/mol. The van der Waals surface area contributed by atoms with Crippen LogP contribution in [0.5, 0.6) is 0 Å². The maximum Gasteiger partial charge on any atom is 0.457 e. The minimum Gasteiger partial charge on any atom is -0.221 e. The zero-order chi connectivity index (χ0) is 22.6. The number of halogens is 11. The Kier molecular flexibility index (Phi) is 5.93. The standard InChI is InChI=1S/C18H10Cl2F9/c1-8-6-9(2)13(14-11(19)4-3-5-12(14)20)10(7-8)15(21,17(24,25)26)16(22,23)18(27,28)29/h3-5,7H,1-2H3. The van der Waals surface area contributed by atoms with E-state index in [1.807, 2.05) is 0 Å². The third kappa shape index (κ3) is 3.67. The van der Waals surface area contributed by atoms with E-state index in [9.17, 15) is 35.1 Å². The van der Waals surface area contributed by atoms with Gasteiger partial charge >= 0.3 is 23.9 Å². The molecule has 0 aliphatic heterocycles. The molecule has 0 aliphatic rings. The van der Waals surface area contributed by atoms with Gasteiger partial charge in [0.15, 0.2) is 0 Å². The van der Waals surface area contributed by atoms with Crippen LogP contribution in [-0.2, 0) is 5.67 Å². The molecule has 0 amide bonds. The average molecular weight is 468 g/mol. The van der Waals surface area contributed by atoms with Gasteiger partial charge in [-0.1, -0.05) is 35.3 Å². The molecule has 0 nitrogen and oxygen atoms in total. The number of hydrogen-bond acceptors (Lipinski definition) is 0. The van der Waals surface area contributed by atoms with Crippen molar-refractivity contribution in [2.45, 2.75) is 37.8 Å². The van der Waals surface area contributed by atoms with Crippen LogP contribution in [0.15, 0.2) is 24.3 Å². The topological polar surface area (TPSA) is 0 Å². The van der Waals surface area contributed by atoms with E-state index in [0.717, 1.165) is 26.0 Å². The molecular weight excluding hydrogens is 458 g/mol. The van der Waals surface area contributed by atoms with Crippen molar-refractivity contribution in [1.29, 1.82) is 0 Å². The lowest BCUT2D eigenvalue weighted by Gasteiger charge is -2.37. The lowest BCUT2D eigenvalue weighted by Crippen LogP contribution is -2.60. The van der Waals surface area contributed by atoms with Crippen LogP contribution < -0.4 is 0 Å². The van der Waals surface area contributed by atoms with Crippen LogP contribution in [0.3, 0.4) is 0 Å². The van der Waals surface area contributed by atoms with Crippen molar-refractivity contribution in [3.8, 4) is 11.1 Å². The molecule has 0 fully saturated rings. The van der Waals surface area contributed by atoms with Gasteiger partial charge in [0.05, 0.1) is 0 Å². The van der Waals surface area contributed by atoms with Crippen molar-refractivity contribution < 1.29 is 39.5 Å². The first kappa shape index (κ1) is 23.7. The lowest BCUT2D eigenvalue weighted by atomic mass is 9.80. The highest BCUT2D eigenvalue weighted by Crippen LogP contribution is 2.60. The first-order valence-corrected chi connectivity index (χ1v) is 8.41. The lowest BCUT2D eigenvalue weighted by molar-refractivity contribution is -0.389. The average Bonchev–Trinajstić information content (AvgIpc) is 2.52. The van der Waals surface area contributed by atoms with Gasteiger partial charge in [-0.15, -0.1) is 0 Å². The second-order valence-electron chi connectivity index (χ2n) is 6.19. The van der Waals surface area contributed by atoms with E-state index in [0.29, 0.717) is 0 Å². The molecule has 1 unspecified atom stereocenters. The molecule has 159 valence electrons. The quantitative estimate of drug-likeness (QED) is 0.401. The van der Waals surface area contributed by atoms with Gasteiger partial charge in [-0.2, -0.15) is 35.1 Å². The molecular formula is C18H10Cl2F9. The van der Waals surface area contributed by atoms with E-state index < -0.39 is 40.6 Å². The fourth-order valence-electron chi connectivity index (χ4n) is 2.91. The van der Waals surface area contributed by atoms with E-state index in [1.54, 1.807) is 0 Å². The molecule has 1 radical (unpaired) electrons. The van der Waals surface area contributed by atoms with Gasteiger partial charge in [0.2, 0.25) is 0 Å². The largest absolute Gasteiger partial charge is 0.457 e. The van der Waals surface area contributed by atoms with Crippen LogP contribution in [0.4, 0.5) is 39.5 Å². The second-order valence-corrected chi connectivity index (χ2v) is 7.01. The Morgan fingerprint density at radius 1 is 0.759 bits per heavy atom. The maximum atomic E-state index is 15.2. The first-order chi connectivity index (χ1) is 13.0. The first-order valence-electron chi connectivity index (χ1n) is 7.65. The van der Waals surface area contributed by atoms with Crippen LogP contribution >= 0.6 is 23.2 Å². The summed E-state index contributed by atoms with van der Waals surface area (Å²) >= 11 is 11.8. The van der Waals surface area contributed by atoms with Crippen LogP contribution in [0.2, 0.25) is 10.0 Å². The van der Waals surface area contributed by atoms with Crippen LogP contribution in [0, 0.1) is 19.9 Å². The molecule has 0 aromatic heterocycles. The molecule has 29 heavy (non-hydrogen) atoms. The van der Waals surface area contributed by atoms with Gasteiger partial charge < -0.3 is 0 Å². The fraction of sp³-hybridized carbons (Fsp3) is 0.333. The Morgan fingerprint density at radius 3 is 1.66 bits per heavy atom. The minimum absolute atomic E-state index is 0.231. The molecule has 0 N–H and O–H groups in total. The van der Waals surface area contributed by atoms with E-state index in [-0.39, 0.29) is 27.2 Å². The minimum atomic E-state index is -6.85. The molecule has 0 saturated carbocycles. The molecule has 0 saturated heterocycles. The Hall–Kier alpha value is -1.61. The van der Waals surface area contributed by atoms with Crippen molar-refractivity contribution in [3.05, 3.63) is 57.1 Å². The molecule has 2 rings (SSSR count). The summed E-state index contributed by atoms with van der Waals surface area (Å²) in [6.45, 7) is 2.13. The normalized spacial score (nSPS) is 15.3. The van der Waals surface area contributed by atoms with Gasteiger partial charge in [-0.25, -0.2) is 4.39 Å². The van der Waals surface area contributed by atoms with E-state index in [4.69, 9.17) is 23.2 Å². The Bertz CT molecular complexity index is 912. The summed E-state index contributed by atoms with van der Waals surface area (Å²) in [4.78, 5) is 0. The molecule has 1 atom stereocenters. The number of rotatable bonds is 3. The smallest absolute Gasteiger partial charge is 0.221 e. The van der Waals surface area contributed by atoms with Crippen molar-refractivity contribution in [2.75, 3.05) is 0 Å². The SMILES string of the molecule is Cc1[c]c(C)c(-c2c(Cl)cccc2Cl)c(C(F)(C(F)(F)F)C(F)(F)C(F)(F)F)c1. The highest BCUT2D eigenvalue weighted by molar-refractivity contribution is 6.39. The zero-order valence-electron chi connectivity index (χ0n) is 14.5. The summed E-state index contributed by atoms with van der Waals surface area (Å²) in [6.07, 6.45) is -13.5. The second kappa shape index (κ2) is 7.27. The molecule has 0 aliphatic carbocycles. The Balaban J connectivity index is 3.10. The molecule has 0 bridgehead atoms. The van der Waals surface area contributed by atoms with Gasteiger partial charge in [0.25, 0.3) is 0 Å². The van der Waals surface area contributed by atoms with E-state index in [1.165, 1.54) is 6.07 Å². The third-order valence-corrected chi connectivity index (χ3v) is 4.78. The predicted octanol–water partition coefficient (Wildman–Crippen LogP) is 8.00. The summed E-state index contributed by atoms with van der Waals surface area (Å²) in [6, 6.07) is 6.19. The number of benzene rings is 2. The summed E-state index contributed by atoms with van der Waals surface area (Å²) < 4.78 is 123. The van der Waals surface area contributed by atoms with Gasteiger partial charge in [-0.05, 0) is 48.7 Å². The van der Waals surface area contributed by atoms with E-state index in [2.05, 4.69) is 6.07 Å². The van der Waals surface area contributed by atoms with Gasteiger partial charge in [-0.3, -0.25) is 0 Å². The predicted molar refractivity (Wildman–Crippen MR) is 90.1 cm³/mol. The van der Waals surface area contributed by atoms with Crippen LogP contribution in [-0.4, -0.2) is 18.3 Å². The number of hydrogen-bond donors (Lipinski definition) is 0. The van der Waals surface area contributed by atoms with Crippen LogP contribution in [0.25, 0.3) is 11.1 Å². The van der Waals surface area contributed by atoms with Crippen molar-refractivity contribution in [2.24, 2.45) is 0 Å². The van der Waals surface area contributed by atoms with Crippen molar-refractivity contribution >= 4 is 23.2 Å². The zero-order valence-corrected chi connectivity index (χ0v) is 16.0. The Morgan fingerprint density at radius 2 is 1.24 bits per heavy atom. The highest BCUT2D eigenvalue weighted by Gasteiger charge is 2.82. The molecule has 0 heterocycles. The third-order valence-electron chi connectivity index (χ3n) is 4.15. The van der Waals surface area contributed by atoms with E-state index >= 15 is 4.39 Å². The molecule has 0 spiro atoms. The number of aryl methyl sites for hydroxylation is 2. The summed E-state index contributed by atoms with van der Waals surface area (Å²) in [5.74, 6) is -6.82. The maximum absolute atomic E-state index is 15.2. The van der Waals surface area contributed by atoms with Crippen LogP contribution in [0.1, 0.15) is 16.7 Å². The molecule has 11 heteroatoms. The van der Waals surface area contributed by atoms with Crippen molar-refractivity contribution in [3.63, 3.8) is 0 Å². The van der Waals surface area contributed by atoms with Gasteiger partial charge in [0.1, 0.15) is 0 Å². The fourth-order valence-corrected chi connectivity index (χ4v) is 3.50. The summed E-state index contributed by atoms with van der Waals surface area (Å²) in [5.41, 5.74) is -10.2. The number of alkyl halides is 9. The summed E-state index contributed by atoms with van der Waals surface area (Å²) in [7, 11) is 0. The van der Waals surface area contributed by atoms with Crippen molar-refractivity contribution in [1.82, 2.24) is 0 Å². The van der Waals surface area contributed by atoms with Gasteiger partial charge in [0, 0.05) is 21.2 Å².